The van der Waals surface area contributed by atoms with Crippen LogP contribution in [0, 0.1) is 11.8 Å². The zero-order chi connectivity index (χ0) is 14.5. The second-order valence-electron chi connectivity index (χ2n) is 6.07. The van der Waals surface area contributed by atoms with E-state index >= 15 is 0 Å². The highest BCUT2D eigenvalue weighted by Gasteiger charge is 2.30. The van der Waals surface area contributed by atoms with Gasteiger partial charge in [-0.2, -0.15) is 0 Å². The first-order chi connectivity index (χ1) is 9.61. The fraction of sp³-hybridized carbons (Fsp3) is 0.867. The van der Waals surface area contributed by atoms with Gasteiger partial charge >= 0.3 is 12.0 Å². The van der Waals surface area contributed by atoms with Crippen LogP contribution < -0.4 is 0 Å². The normalized spacial score (nSPS) is 25.4. The molecule has 0 radical (unpaired) electrons. The van der Waals surface area contributed by atoms with Gasteiger partial charge in [0, 0.05) is 26.2 Å². The number of aliphatic carboxylic acids is 1. The first-order valence-corrected chi connectivity index (χ1v) is 7.88. The summed E-state index contributed by atoms with van der Waals surface area (Å²) in [5.74, 6) is -0.240. The maximum atomic E-state index is 12.5. The van der Waals surface area contributed by atoms with Gasteiger partial charge in [0.2, 0.25) is 0 Å². The van der Waals surface area contributed by atoms with Crippen LogP contribution in [-0.4, -0.2) is 53.1 Å². The molecule has 2 heterocycles. The third-order valence-corrected chi connectivity index (χ3v) is 4.81. The molecule has 0 saturated carbocycles. The maximum Gasteiger partial charge on any atom is 0.319 e. The molecule has 0 aromatic heterocycles. The number of carboxylic acids is 1. The molecule has 1 unspecified atom stereocenters. The third-order valence-electron chi connectivity index (χ3n) is 4.81. The van der Waals surface area contributed by atoms with Crippen LogP contribution >= 0.6 is 0 Å². The van der Waals surface area contributed by atoms with E-state index in [-0.39, 0.29) is 11.9 Å². The van der Waals surface area contributed by atoms with Crippen LogP contribution in [0.5, 0.6) is 0 Å². The zero-order valence-corrected chi connectivity index (χ0v) is 12.4. The molecule has 2 fully saturated rings. The Hall–Kier alpha value is -1.26. The number of likely N-dealkylation sites (tertiary alicyclic amines) is 2. The summed E-state index contributed by atoms with van der Waals surface area (Å²) in [5.41, 5.74) is 0. The first kappa shape index (κ1) is 15.1. The number of amides is 2. The lowest BCUT2D eigenvalue weighted by atomic mass is 9.97. The summed E-state index contributed by atoms with van der Waals surface area (Å²) in [4.78, 5) is 27.2. The van der Waals surface area contributed by atoms with E-state index in [1.165, 1.54) is 12.8 Å². The first-order valence-electron chi connectivity index (χ1n) is 7.88. The molecule has 0 aromatic rings. The lowest BCUT2D eigenvalue weighted by Gasteiger charge is -2.34. The Labute approximate surface area is 120 Å². The van der Waals surface area contributed by atoms with E-state index in [4.69, 9.17) is 5.11 Å². The fourth-order valence-corrected chi connectivity index (χ4v) is 3.28. The van der Waals surface area contributed by atoms with E-state index in [0.717, 1.165) is 31.8 Å². The van der Waals surface area contributed by atoms with E-state index in [1.807, 2.05) is 9.80 Å². The molecule has 5 heteroatoms. The molecule has 2 aliphatic rings. The van der Waals surface area contributed by atoms with Crippen LogP contribution in [0.3, 0.4) is 0 Å². The average Bonchev–Trinajstić information content (AvgIpc) is 2.72. The number of piperidine rings is 1. The summed E-state index contributed by atoms with van der Waals surface area (Å²) in [6.07, 6.45) is 5.80. The van der Waals surface area contributed by atoms with Gasteiger partial charge in [-0.25, -0.2) is 4.79 Å². The Morgan fingerprint density at radius 1 is 1.00 bits per heavy atom. The smallest absolute Gasteiger partial charge is 0.319 e. The number of carbonyl (C=O) groups excluding carboxylic acids is 1. The minimum atomic E-state index is -0.724. The van der Waals surface area contributed by atoms with Crippen LogP contribution in [0.25, 0.3) is 0 Å². The molecule has 114 valence electrons. The predicted molar refractivity (Wildman–Crippen MR) is 76.5 cm³/mol. The summed E-state index contributed by atoms with van der Waals surface area (Å²) >= 11 is 0. The van der Waals surface area contributed by atoms with Crippen molar-refractivity contribution in [3.8, 4) is 0 Å². The molecule has 1 atom stereocenters. The number of carbonyl (C=O) groups is 2. The van der Waals surface area contributed by atoms with E-state index in [9.17, 15) is 9.59 Å². The van der Waals surface area contributed by atoms with Crippen molar-refractivity contribution in [1.82, 2.24) is 9.80 Å². The Balaban J connectivity index is 1.84. The quantitative estimate of drug-likeness (QED) is 0.846. The topological polar surface area (TPSA) is 60.9 Å². The molecule has 2 amide bonds. The number of urea groups is 1. The van der Waals surface area contributed by atoms with E-state index < -0.39 is 5.97 Å². The molecule has 0 bridgehead atoms. The van der Waals surface area contributed by atoms with Gasteiger partial charge in [0.05, 0.1) is 5.92 Å². The van der Waals surface area contributed by atoms with Crippen molar-refractivity contribution in [3.05, 3.63) is 0 Å². The van der Waals surface area contributed by atoms with Gasteiger partial charge < -0.3 is 14.9 Å². The van der Waals surface area contributed by atoms with Gasteiger partial charge in [0.25, 0.3) is 0 Å². The predicted octanol–water partition coefficient (Wildman–Crippen LogP) is 2.42. The molecule has 0 spiro atoms. The van der Waals surface area contributed by atoms with Crippen molar-refractivity contribution in [2.75, 3.05) is 26.2 Å². The standard InChI is InChI=1S/C15H26N2O3/c1-2-12-4-3-8-16(9-5-12)15(20)17-10-6-13(7-11-17)14(18)19/h12-13H,2-11H2,1H3,(H,18,19). The van der Waals surface area contributed by atoms with Gasteiger partial charge in [0.15, 0.2) is 0 Å². The molecule has 5 nitrogen and oxygen atoms in total. The van der Waals surface area contributed by atoms with Gasteiger partial charge in [0.1, 0.15) is 0 Å². The largest absolute Gasteiger partial charge is 0.481 e. The second kappa shape index (κ2) is 6.95. The zero-order valence-electron chi connectivity index (χ0n) is 12.4. The lowest BCUT2D eigenvalue weighted by molar-refractivity contribution is -0.143. The molecular formula is C15H26N2O3. The average molecular weight is 282 g/mol. The van der Waals surface area contributed by atoms with Crippen LogP contribution in [0.2, 0.25) is 0 Å². The molecular weight excluding hydrogens is 256 g/mol. The van der Waals surface area contributed by atoms with Crippen LogP contribution in [0.4, 0.5) is 4.79 Å². The van der Waals surface area contributed by atoms with Gasteiger partial charge in [-0.3, -0.25) is 4.79 Å². The van der Waals surface area contributed by atoms with Crippen LogP contribution in [0.15, 0.2) is 0 Å². The Morgan fingerprint density at radius 2 is 1.60 bits per heavy atom. The maximum absolute atomic E-state index is 12.5. The fourth-order valence-electron chi connectivity index (χ4n) is 3.28. The Bertz CT molecular complexity index is 351. The highest BCUT2D eigenvalue weighted by atomic mass is 16.4. The number of hydrogen-bond acceptors (Lipinski definition) is 2. The number of nitrogens with zero attached hydrogens (tertiary/aromatic N) is 2. The van der Waals surface area contributed by atoms with Crippen molar-refractivity contribution in [2.45, 2.75) is 45.4 Å². The summed E-state index contributed by atoms with van der Waals surface area (Å²) < 4.78 is 0. The monoisotopic (exact) mass is 282 g/mol. The highest BCUT2D eigenvalue weighted by molar-refractivity contribution is 5.75. The molecule has 0 aromatic carbocycles. The van der Waals surface area contributed by atoms with Crippen molar-refractivity contribution in [3.63, 3.8) is 0 Å². The summed E-state index contributed by atoms with van der Waals surface area (Å²) in [6.45, 7) is 5.11. The minimum absolute atomic E-state index is 0.116. The minimum Gasteiger partial charge on any atom is -0.481 e. The third kappa shape index (κ3) is 3.64. The Morgan fingerprint density at radius 3 is 2.20 bits per heavy atom. The van der Waals surface area contributed by atoms with Gasteiger partial charge in [-0.05, 0) is 38.0 Å². The van der Waals surface area contributed by atoms with E-state index in [1.54, 1.807) is 0 Å². The van der Waals surface area contributed by atoms with Crippen molar-refractivity contribution in [1.29, 1.82) is 0 Å². The molecule has 0 aliphatic carbocycles. The van der Waals surface area contributed by atoms with Crippen molar-refractivity contribution in [2.24, 2.45) is 11.8 Å². The van der Waals surface area contributed by atoms with Gasteiger partial charge in [-0.1, -0.05) is 13.3 Å². The number of carboxylic acid groups (broad SMARTS) is 1. The number of rotatable bonds is 2. The summed E-state index contributed by atoms with van der Waals surface area (Å²) in [5, 5.41) is 8.99. The highest BCUT2D eigenvalue weighted by Crippen LogP contribution is 2.23. The van der Waals surface area contributed by atoms with Gasteiger partial charge in [-0.15, -0.1) is 0 Å². The number of hydrogen-bond donors (Lipinski definition) is 1. The van der Waals surface area contributed by atoms with E-state index in [2.05, 4.69) is 6.92 Å². The van der Waals surface area contributed by atoms with Crippen LogP contribution in [0.1, 0.15) is 45.4 Å². The lowest BCUT2D eigenvalue weighted by Crippen LogP contribution is -2.47. The van der Waals surface area contributed by atoms with Crippen LogP contribution in [-0.2, 0) is 4.79 Å². The summed E-state index contributed by atoms with van der Waals surface area (Å²) in [7, 11) is 0. The molecule has 2 rings (SSSR count). The SMILES string of the molecule is CCC1CCCN(C(=O)N2CCC(C(=O)O)CC2)CC1. The molecule has 20 heavy (non-hydrogen) atoms. The second-order valence-corrected chi connectivity index (χ2v) is 6.07. The van der Waals surface area contributed by atoms with E-state index in [0.29, 0.717) is 25.9 Å². The van der Waals surface area contributed by atoms with Crippen molar-refractivity contribution >= 4 is 12.0 Å². The molecule has 2 aliphatic heterocycles. The summed E-state index contributed by atoms with van der Waals surface area (Å²) in [6, 6.07) is 0.116. The molecule has 1 N–H and O–H groups in total. The Kier molecular flexibility index (Phi) is 5.26. The molecule has 2 saturated heterocycles. The van der Waals surface area contributed by atoms with Crippen molar-refractivity contribution < 1.29 is 14.7 Å².